The standard InChI is InChI=1S/C28H22ClF9N2O4/c1-4-40(24(42)16-9-6-5-8-14(16)2)19-11-7-10-17(22(19)43-3)23(41)39-21-18(29)12-15(13-20(21)44-25(30)31)26(32,27(33,34)35)28(36,37)38/h5-13,25H,4H2,1-3H3,(H,39,41). The van der Waals surface area contributed by atoms with Gasteiger partial charge in [-0.05, 0) is 49.7 Å². The first-order valence-electron chi connectivity index (χ1n) is 12.4. The number of aryl methyl sites for hydroxylation is 1. The van der Waals surface area contributed by atoms with Gasteiger partial charge in [-0.2, -0.15) is 35.1 Å². The summed E-state index contributed by atoms with van der Waals surface area (Å²) >= 11 is 5.83. The second-order valence-electron chi connectivity index (χ2n) is 9.04. The zero-order valence-corrected chi connectivity index (χ0v) is 23.6. The largest absolute Gasteiger partial charge is 0.494 e. The molecule has 3 rings (SSSR count). The van der Waals surface area contributed by atoms with Crippen LogP contribution in [-0.4, -0.2) is 44.4 Å². The fourth-order valence-electron chi connectivity index (χ4n) is 4.27. The highest BCUT2D eigenvalue weighted by atomic mass is 35.5. The molecule has 0 aliphatic heterocycles. The Morgan fingerprint density at radius 1 is 0.932 bits per heavy atom. The van der Waals surface area contributed by atoms with Crippen molar-refractivity contribution in [1.29, 1.82) is 0 Å². The lowest BCUT2D eigenvalue weighted by atomic mass is 9.93. The van der Waals surface area contributed by atoms with Crippen LogP contribution in [0, 0.1) is 6.92 Å². The summed E-state index contributed by atoms with van der Waals surface area (Å²) in [6.07, 6.45) is -13.2. The molecule has 0 atom stereocenters. The van der Waals surface area contributed by atoms with E-state index in [1.165, 1.54) is 23.1 Å². The van der Waals surface area contributed by atoms with Crippen molar-refractivity contribution in [2.45, 2.75) is 38.5 Å². The first-order valence-corrected chi connectivity index (χ1v) is 12.7. The Bertz CT molecular complexity index is 1530. The third-order valence-corrected chi connectivity index (χ3v) is 6.66. The molecule has 0 aliphatic rings. The number of methoxy groups -OCH3 is 1. The summed E-state index contributed by atoms with van der Waals surface area (Å²) in [7, 11) is 1.14. The Labute approximate surface area is 249 Å². The average molecular weight is 657 g/mol. The van der Waals surface area contributed by atoms with Crippen molar-refractivity contribution in [2.24, 2.45) is 0 Å². The van der Waals surface area contributed by atoms with E-state index in [0.717, 1.165) is 7.11 Å². The maximum absolute atomic E-state index is 14.7. The molecule has 0 unspecified atom stereocenters. The maximum atomic E-state index is 14.7. The molecule has 2 amide bonds. The van der Waals surface area contributed by atoms with Gasteiger partial charge in [0.25, 0.3) is 11.8 Å². The molecule has 0 saturated carbocycles. The van der Waals surface area contributed by atoms with E-state index in [2.05, 4.69) is 4.74 Å². The zero-order chi connectivity index (χ0) is 33.2. The molecular formula is C28H22ClF9N2O4. The van der Waals surface area contributed by atoms with Gasteiger partial charge in [0.15, 0.2) is 11.5 Å². The predicted octanol–water partition coefficient (Wildman–Crippen LogP) is 8.47. The van der Waals surface area contributed by atoms with Gasteiger partial charge < -0.3 is 19.7 Å². The Balaban J connectivity index is 2.12. The fraction of sp³-hybridized carbons (Fsp3) is 0.286. The lowest BCUT2D eigenvalue weighted by Crippen LogP contribution is -2.50. The minimum absolute atomic E-state index is 0.0810. The highest BCUT2D eigenvalue weighted by molar-refractivity contribution is 6.34. The van der Waals surface area contributed by atoms with Crippen LogP contribution in [0.4, 0.5) is 50.9 Å². The first-order chi connectivity index (χ1) is 20.4. The normalized spacial score (nSPS) is 12.2. The second-order valence-corrected chi connectivity index (χ2v) is 9.45. The number of rotatable bonds is 9. The molecule has 0 radical (unpaired) electrons. The summed E-state index contributed by atoms with van der Waals surface area (Å²) < 4.78 is 130. The minimum atomic E-state index is -6.59. The molecular weight excluding hydrogens is 635 g/mol. The van der Waals surface area contributed by atoms with E-state index < -0.39 is 58.5 Å². The minimum Gasteiger partial charge on any atom is -0.494 e. The third-order valence-electron chi connectivity index (χ3n) is 6.36. The van der Waals surface area contributed by atoms with Gasteiger partial charge in [0.1, 0.15) is 5.69 Å². The van der Waals surface area contributed by atoms with Crippen LogP contribution in [0.5, 0.6) is 11.5 Å². The quantitative estimate of drug-likeness (QED) is 0.235. The van der Waals surface area contributed by atoms with Crippen LogP contribution in [-0.2, 0) is 5.67 Å². The number of hydrogen-bond donors (Lipinski definition) is 1. The fourth-order valence-corrected chi connectivity index (χ4v) is 4.53. The molecule has 16 heteroatoms. The molecule has 0 aliphatic carbocycles. The number of ether oxygens (including phenoxy) is 2. The molecule has 3 aromatic rings. The van der Waals surface area contributed by atoms with E-state index in [1.807, 2.05) is 5.32 Å². The SMILES string of the molecule is CCN(C(=O)c1ccccc1C)c1cccc(C(=O)Nc2c(Cl)cc(C(F)(C(F)(F)F)C(F)(F)F)cc2OC(F)F)c1OC. The number of alkyl halides is 9. The Morgan fingerprint density at radius 2 is 1.52 bits per heavy atom. The number of para-hydroxylation sites is 1. The number of halogens is 10. The summed E-state index contributed by atoms with van der Waals surface area (Å²) in [4.78, 5) is 27.9. The second kappa shape index (κ2) is 12.8. The van der Waals surface area contributed by atoms with Crippen molar-refractivity contribution in [1.82, 2.24) is 0 Å². The topological polar surface area (TPSA) is 67.9 Å². The summed E-state index contributed by atoms with van der Waals surface area (Å²) in [6.45, 7) is -0.430. The summed E-state index contributed by atoms with van der Waals surface area (Å²) in [5, 5.41) is 0.795. The Kier molecular flexibility index (Phi) is 10.0. The van der Waals surface area contributed by atoms with Crippen LogP contribution in [0.25, 0.3) is 0 Å². The van der Waals surface area contributed by atoms with Crippen molar-refractivity contribution in [3.05, 3.63) is 81.9 Å². The zero-order valence-electron chi connectivity index (χ0n) is 22.8. The van der Waals surface area contributed by atoms with Crippen LogP contribution < -0.4 is 19.7 Å². The first kappa shape index (κ1) is 34.4. The van der Waals surface area contributed by atoms with Gasteiger partial charge in [0.05, 0.1) is 23.4 Å². The number of carbonyl (C=O) groups excluding carboxylic acids is 2. The molecule has 238 valence electrons. The lowest BCUT2D eigenvalue weighted by molar-refractivity contribution is -0.348. The van der Waals surface area contributed by atoms with Crippen LogP contribution in [0.15, 0.2) is 54.6 Å². The highest BCUT2D eigenvalue weighted by Crippen LogP contribution is 2.55. The monoisotopic (exact) mass is 656 g/mol. The van der Waals surface area contributed by atoms with Crippen molar-refractivity contribution >= 4 is 34.8 Å². The van der Waals surface area contributed by atoms with Gasteiger partial charge in [-0.25, -0.2) is 4.39 Å². The van der Waals surface area contributed by atoms with Gasteiger partial charge in [0, 0.05) is 17.7 Å². The van der Waals surface area contributed by atoms with Gasteiger partial charge in [-0.1, -0.05) is 35.9 Å². The molecule has 0 heterocycles. The number of nitrogens with zero attached hydrogens (tertiary/aromatic N) is 1. The number of carbonyl (C=O) groups is 2. The molecule has 0 spiro atoms. The van der Waals surface area contributed by atoms with E-state index in [1.54, 1.807) is 38.1 Å². The smallest absolute Gasteiger partial charge is 0.435 e. The van der Waals surface area contributed by atoms with Crippen LogP contribution in [0.3, 0.4) is 0 Å². The molecule has 0 saturated heterocycles. The third kappa shape index (κ3) is 6.51. The summed E-state index contributed by atoms with van der Waals surface area (Å²) in [6, 6.07) is 10.1. The number of benzene rings is 3. The molecule has 3 aromatic carbocycles. The Morgan fingerprint density at radius 3 is 2.05 bits per heavy atom. The lowest BCUT2D eigenvalue weighted by Gasteiger charge is -2.31. The van der Waals surface area contributed by atoms with Crippen molar-refractivity contribution in [3.8, 4) is 11.5 Å². The van der Waals surface area contributed by atoms with Crippen molar-refractivity contribution < 1.29 is 58.6 Å². The van der Waals surface area contributed by atoms with Gasteiger partial charge >= 0.3 is 24.6 Å². The van der Waals surface area contributed by atoms with E-state index in [-0.39, 0.29) is 35.7 Å². The van der Waals surface area contributed by atoms with Gasteiger partial charge in [0.2, 0.25) is 0 Å². The van der Waals surface area contributed by atoms with Crippen molar-refractivity contribution in [3.63, 3.8) is 0 Å². The van der Waals surface area contributed by atoms with Gasteiger partial charge in [-0.15, -0.1) is 0 Å². The van der Waals surface area contributed by atoms with E-state index in [9.17, 15) is 49.1 Å². The van der Waals surface area contributed by atoms with Crippen molar-refractivity contribution in [2.75, 3.05) is 23.9 Å². The molecule has 1 N–H and O–H groups in total. The molecule has 44 heavy (non-hydrogen) atoms. The number of amides is 2. The molecule has 6 nitrogen and oxygen atoms in total. The maximum Gasteiger partial charge on any atom is 0.435 e. The average Bonchev–Trinajstić information content (AvgIpc) is 2.93. The number of nitrogens with one attached hydrogen (secondary N) is 1. The Hall–Kier alpha value is -4.14. The van der Waals surface area contributed by atoms with Crippen LogP contribution >= 0.6 is 11.6 Å². The molecule has 0 bridgehead atoms. The van der Waals surface area contributed by atoms with E-state index in [4.69, 9.17) is 16.3 Å². The highest BCUT2D eigenvalue weighted by Gasteiger charge is 2.73. The van der Waals surface area contributed by atoms with Gasteiger partial charge in [-0.3, -0.25) is 9.59 Å². The van der Waals surface area contributed by atoms with E-state index >= 15 is 0 Å². The number of anilines is 2. The molecule has 0 fully saturated rings. The summed E-state index contributed by atoms with van der Waals surface area (Å²) in [5.74, 6) is -3.40. The summed E-state index contributed by atoms with van der Waals surface area (Å²) in [5.41, 5.74) is -8.55. The van der Waals surface area contributed by atoms with Crippen LogP contribution in [0.2, 0.25) is 5.02 Å². The predicted molar refractivity (Wildman–Crippen MR) is 142 cm³/mol. The van der Waals surface area contributed by atoms with E-state index in [0.29, 0.717) is 11.1 Å². The molecule has 0 aromatic heterocycles. The van der Waals surface area contributed by atoms with Crippen LogP contribution in [0.1, 0.15) is 38.8 Å². The number of hydrogen-bond acceptors (Lipinski definition) is 4.